The van der Waals surface area contributed by atoms with Crippen molar-refractivity contribution in [2.45, 2.75) is 69.9 Å². The number of amides is 2. The highest BCUT2D eigenvalue weighted by atomic mass is 16.5. The molecule has 7 heteroatoms. The highest BCUT2D eigenvalue weighted by molar-refractivity contribution is 5.80. The summed E-state index contributed by atoms with van der Waals surface area (Å²) in [5.41, 5.74) is 4.62. The number of rotatable bonds is 11. The van der Waals surface area contributed by atoms with Gasteiger partial charge in [0.1, 0.15) is 6.61 Å². The number of carboxylic acid groups (broad SMARTS) is 1. The molecule has 2 aliphatic carbocycles. The summed E-state index contributed by atoms with van der Waals surface area (Å²) in [6, 6.07) is 15.6. The van der Waals surface area contributed by atoms with Gasteiger partial charge in [-0.05, 0) is 47.4 Å². The summed E-state index contributed by atoms with van der Waals surface area (Å²) in [6.07, 6.45) is 3.85. The van der Waals surface area contributed by atoms with Gasteiger partial charge in [0, 0.05) is 24.4 Å². The minimum absolute atomic E-state index is 0.0275. The normalized spacial score (nSPS) is 16.4. The quantitative estimate of drug-likeness (QED) is 0.429. The molecule has 0 aliphatic heterocycles. The zero-order valence-corrected chi connectivity index (χ0v) is 20.2. The molecule has 0 spiro atoms. The van der Waals surface area contributed by atoms with Gasteiger partial charge in [-0.3, -0.25) is 9.59 Å². The summed E-state index contributed by atoms with van der Waals surface area (Å²) in [5.74, 6) is -0.959. The second-order valence-electron chi connectivity index (χ2n) is 9.62. The van der Waals surface area contributed by atoms with E-state index in [4.69, 9.17) is 4.74 Å². The number of carboxylic acids is 1. The Morgan fingerprint density at radius 2 is 1.60 bits per heavy atom. The molecule has 4 rings (SSSR count). The molecule has 1 fully saturated rings. The fourth-order valence-corrected chi connectivity index (χ4v) is 5.24. The summed E-state index contributed by atoms with van der Waals surface area (Å²) in [4.78, 5) is 36.6. The Bertz CT molecular complexity index is 1020. The largest absolute Gasteiger partial charge is 0.481 e. The van der Waals surface area contributed by atoms with Gasteiger partial charge in [-0.2, -0.15) is 0 Å². The van der Waals surface area contributed by atoms with E-state index < -0.39 is 12.1 Å². The zero-order valence-electron chi connectivity index (χ0n) is 20.2. The molecule has 2 atom stereocenters. The van der Waals surface area contributed by atoms with Crippen molar-refractivity contribution >= 4 is 18.0 Å². The third kappa shape index (κ3) is 6.02. The van der Waals surface area contributed by atoms with Crippen LogP contribution in [0.1, 0.15) is 68.9 Å². The van der Waals surface area contributed by atoms with Crippen molar-refractivity contribution in [3.05, 3.63) is 59.7 Å². The lowest BCUT2D eigenvalue weighted by atomic mass is 9.78. The van der Waals surface area contributed by atoms with Gasteiger partial charge in [0.25, 0.3) is 0 Å². The topological polar surface area (TPSA) is 105 Å². The predicted octanol–water partition coefficient (Wildman–Crippen LogP) is 4.84. The average molecular weight is 479 g/mol. The second-order valence-corrected chi connectivity index (χ2v) is 9.62. The lowest BCUT2D eigenvalue weighted by Crippen LogP contribution is -2.46. The summed E-state index contributed by atoms with van der Waals surface area (Å²) < 4.78 is 5.64. The van der Waals surface area contributed by atoms with Crippen LogP contribution in [-0.4, -0.2) is 41.8 Å². The molecule has 0 saturated heterocycles. The highest BCUT2D eigenvalue weighted by Crippen LogP contribution is 2.44. The van der Waals surface area contributed by atoms with Crippen LogP contribution in [0, 0.1) is 5.92 Å². The Balaban J connectivity index is 1.33. The van der Waals surface area contributed by atoms with E-state index >= 15 is 0 Å². The standard InChI is InChI=1S/C28H34N2O5/c1-2-8-19(15-26(31)30-25(16-27(32)33)18-9-7-10-18)29-28(34)35-17-24-22-13-5-3-11-20(22)21-12-4-6-14-23(21)24/h3-6,11-14,18-19,24-25H,2,7-10,15-17H2,1H3,(H,29,34)(H,30,31)(H,32,33)/t19-,25?/m0/s1. The molecule has 2 aliphatic rings. The Morgan fingerprint density at radius 3 is 2.14 bits per heavy atom. The minimum Gasteiger partial charge on any atom is -0.481 e. The minimum atomic E-state index is -0.913. The fourth-order valence-electron chi connectivity index (χ4n) is 5.24. The monoisotopic (exact) mass is 478 g/mol. The number of fused-ring (bicyclic) bond motifs is 3. The summed E-state index contributed by atoms with van der Waals surface area (Å²) in [7, 11) is 0. The van der Waals surface area contributed by atoms with Crippen LogP contribution < -0.4 is 10.6 Å². The Morgan fingerprint density at radius 1 is 0.971 bits per heavy atom. The number of hydrogen-bond donors (Lipinski definition) is 3. The number of ether oxygens (including phenoxy) is 1. The Labute approximate surface area is 206 Å². The van der Waals surface area contributed by atoms with E-state index in [2.05, 4.69) is 34.9 Å². The molecule has 2 aromatic carbocycles. The smallest absolute Gasteiger partial charge is 0.407 e. The van der Waals surface area contributed by atoms with E-state index in [1.54, 1.807) is 0 Å². The maximum absolute atomic E-state index is 12.7. The third-order valence-corrected chi connectivity index (χ3v) is 7.19. The van der Waals surface area contributed by atoms with Crippen LogP contribution in [0.2, 0.25) is 0 Å². The van der Waals surface area contributed by atoms with E-state index in [9.17, 15) is 19.5 Å². The second kappa shape index (κ2) is 11.4. The first-order valence-electron chi connectivity index (χ1n) is 12.6. The molecular formula is C28H34N2O5. The van der Waals surface area contributed by atoms with Gasteiger partial charge in [0.05, 0.1) is 6.42 Å². The molecule has 2 aromatic rings. The fraction of sp³-hybridized carbons (Fsp3) is 0.464. The molecule has 1 saturated carbocycles. The number of alkyl carbamates (subject to hydrolysis) is 1. The molecule has 0 heterocycles. The van der Waals surface area contributed by atoms with Gasteiger partial charge >= 0.3 is 12.1 Å². The molecule has 186 valence electrons. The van der Waals surface area contributed by atoms with Gasteiger partial charge < -0.3 is 20.5 Å². The van der Waals surface area contributed by atoms with Crippen LogP contribution in [0.4, 0.5) is 4.79 Å². The van der Waals surface area contributed by atoms with Crippen LogP contribution in [0.15, 0.2) is 48.5 Å². The van der Waals surface area contributed by atoms with Gasteiger partial charge in [0.2, 0.25) is 5.91 Å². The van der Waals surface area contributed by atoms with Crippen molar-refractivity contribution in [3.63, 3.8) is 0 Å². The lowest BCUT2D eigenvalue weighted by Gasteiger charge is -2.33. The number of carbonyl (C=O) groups excluding carboxylic acids is 2. The molecule has 35 heavy (non-hydrogen) atoms. The van der Waals surface area contributed by atoms with Gasteiger partial charge in [-0.25, -0.2) is 4.79 Å². The molecular weight excluding hydrogens is 444 g/mol. The van der Waals surface area contributed by atoms with Gasteiger partial charge in [-0.1, -0.05) is 68.3 Å². The first kappa shape index (κ1) is 24.8. The Kier molecular flexibility index (Phi) is 8.06. The number of aliphatic carboxylic acids is 1. The van der Waals surface area contributed by atoms with Crippen LogP contribution >= 0.6 is 0 Å². The molecule has 0 aromatic heterocycles. The van der Waals surface area contributed by atoms with Gasteiger partial charge in [0.15, 0.2) is 0 Å². The van der Waals surface area contributed by atoms with Crippen LogP contribution in [0.3, 0.4) is 0 Å². The summed E-state index contributed by atoms with van der Waals surface area (Å²) in [6.45, 7) is 2.21. The third-order valence-electron chi connectivity index (χ3n) is 7.19. The van der Waals surface area contributed by atoms with Crippen molar-refractivity contribution in [1.82, 2.24) is 10.6 Å². The van der Waals surface area contributed by atoms with Crippen LogP contribution in [0.25, 0.3) is 11.1 Å². The number of hydrogen-bond acceptors (Lipinski definition) is 4. The number of nitrogens with one attached hydrogen (secondary N) is 2. The number of carbonyl (C=O) groups is 3. The van der Waals surface area contributed by atoms with Crippen molar-refractivity contribution < 1.29 is 24.2 Å². The van der Waals surface area contributed by atoms with Crippen molar-refractivity contribution in [3.8, 4) is 11.1 Å². The summed E-state index contributed by atoms with van der Waals surface area (Å²) >= 11 is 0. The maximum atomic E-state index is 12.7. The zero-order chi connectivity index (χ0) is 24.8. The first-order valence-corrected chi connectivity index (χ1v) is 12.6. The molecule has 2 amide bonds. The van der Waals surface area contributed by atoms with Crippen LogP contribution in [-0.2, 0) is 14.3 Å². The average Bonchev–Trinajstić information content (AvgIpc) is 3.10. The van der Waals surface area contributed by atoms with E-state index in [0.29, 0.717) is 6.42 Å². The highest BCUT2D eigenvalue weighted by Gasteiger charge is 2.31. The molecule has 7 nitrogen and oxygen atoms in total. The predicted molar refractivity (Wildman–Crippen MR) is 133 cm³/mol. The van der Waals surface area contributed by atoms with Crippen molar-refractivity contribution in [2.75, 3.05) is 6.61 Å². The number of benzene rings is 2. The Hall–Kier alpha value is -3.35. The molecule has 0 bridgehead atoms. The molecule has 1 unspecified atom stereocenters. The van der Waals surface area contributed by atoms with Gasteiger partial charge in [-0.15, -0.1) is 0 Å². The maximum Gasteiger partial charge on any atom is 0.407 e. The molecule has 3 N–H and O–H groups in total. The van der Waals surface area contributed by atoms with Crippen molar-refractivity contribution in [2.24, 2.45) is 5.92 Å². The lowest BCUT2D eigenvalue weighted by molar-refractivity contribution is -0.138. The summed E-state index contributed by atoms with van der Waals surface area (Å²) in [5, 5.41) is 14.9. The van der Waals surface area contributed by atoms with E-state index in [-0.39, 0.29) is 49.3 Å². The van der Waals surface area contributed by atoms with E-state index in [0.717, 1.165) is 36.8 Å². The van der Waals surface area contributed by atoms with E-state index in [1.165, 1.54) is 11.1 Å². The van der Waals surface area contributed by atoms with Crippen LogP contribution in [0.5, 0.6) is 0 Å². The van der Waals surface area contributed by atoms with E-state index in [1.807, 2.05) is 31.2 Å². The van der Waals surface area contributed by atoms with Crippen molar-refractivity contribution in [1.29, 1.82) is 0 Å². The molecule has 0 radical (unpaired) electrons. The first-order chi connectivity index (χ1) is 17.0. The SMILES string of the molecule is CCC[C@@H](CC(=O)NC(CC(=O)O)C1CCC1)NC(=O)OCC1c2ccccc2-c2ccccc21.